The van der Waals surface area contributed by atoms with E-state index < -0.39 is 11.8 Å². The van der Waals surface area contributed by atoms with Crippen LogP contribution in [0.4, 0.5) is 8.78 Å². The van der Waals surface area contributed by atoms with Crippen LogP contribution in [0.15, 0.2) is 24.3 Å². The van der Waals surface area contributed by atoms with Crippen molar-refractivity contribution in [2.45, 2.75) is 18.3 Å². The van der Waals surface area contributed by atoms with Crippen molar-refractivity contribution < 1.29 is 8.78 Å². The summed E-state index contributed by atoms with van der Waals surface area (Å²) in [6.07, 6.45) is 0.00481. The fraction of sp³-hybridized carbons (Fsp3) is 0.333. The van der Waals surface area contributed by atoms with Crippen LogP contribution < -0.4 is 0 Å². The van der Waals surface area contributed by atoms with E-state index in [2.05, 4.69) is 6.07 Å². The first-order valence-electron chi connectivity index (χ1n) is 3.54. The standard InChI is InChI=1S/C9H7F2/c10-9(11)6-8(9)7-4-2-1-3-5-7/h1-2,4-5,8H,6H2. The fourth-order valence-corrected chi connectivity index (χ4v) is 1.20. The van der Waals surface area contributed by atoms with Crippen molar-refractivity contribution in [3.63, 3.8) is 0 Å². The molecular weight excluding hydrogens is 146 g/mol. The molecule has 1 aliphatic carbocycles. The number of rotatable bonds is 1. The summed E-state index contributed by atoms with van der Waals surface area (Å²) in [5, 5.41) is 0. The van der Waals surface area contributed by atoms with Crippen molar-refractivity contribution in [1.29, 1.82) is 0 Å². The predicted octanol–water partition coefficient (Wildman–Crippen LogP) is 2.61. The number of halogens is 2. The molecule has 11 heavy (non-hydrogen) atoms. The average Bonchev–Trinajstić information content (AvgIpc) is 2.62. The van der Waals surface area contributed by atoms with E-state index in [0.29, 0.717) is 5.56 Å². The van der Waals surface area contributed by atoms with Crippen molar-refractivity contribution in [3.05, 3.63) is 35.9 Å². The highest BCUT2D eigenvalue weighted by atomic mass is 19.3. The quantitative estimate of drug-likeness (QED) is 0.581. The molecule has 1 atom stereocenters. The first-order chi connectivity index (χ1) is 5.20. The molecule has 0 bridgehead atoms. The summed E-state index contributed by atoms with van der Waals surface area (Å²) in [4.78, 5) is 0. The van der Waals surface area contributed by atoms with E-state index in [0.717, 1.165) is 0 Å². The second-order valence-corrected chi connectivity index (χ2v) is 2.85. The van der Waals surface area contributed by atoms with Crippen molar-refractivity contribution in [2.24, 2.45) is 0 Å². The third kappa shape index (κ3) is 1.13. The summed E-state index contributed by atoms with van der Waals surface area (Å²) in [5.41, 5.74) is 0.706. The molecule has 1 unspecified atom stereocenters. The summed E-state index contributed by atoms with van der Waals surface area (Å²) in [6.45, 7) is 0. The van der Waals surface area contributed by atoms with Gasteiger partial charge in [0, 0.05) is 6.42 Å². The Balaban J connectivity index is 2.21. The molecule has 0 amide bonds. The van der Waals surface area contributed by atoms with E-state index in [1.807, 2.05) is 0 Å². The Morgan fingerprint density at radius 2 is 2.27 bits per heavy atom. The molecule has 1 aromatic rings. The Morgan fingerprint density at radius 3 is 2.73 bits per heavy atom. The van der Waals surface area contributed by atoms with E-state index in [9.17, 15) is 8.78 Å². The maximum atomic E-state index is 12.5. The third-order valence-corrected chi connectivity index (χ3v) is 1.96. The summed E-state index contributed by atoms with van der Waals surface area (Å²) >= 11 is 0. The number of alkyl halides is 2. The predicted molar refractivity (Wildman–Crippen MR) is 37.6 cm³/mol. The summed E-state index contributed by atoms with van der Waals surface area (Å²) < 4.78 is 24.9. The first-order valence-corrected chi connectivity index (χ1v) is 3.54. The van der Waals surface area contributed by atoms with E-state index in [-0.39, 0.29) is 6.42 Å². The molecule has 0 N–H and O–H groups in total. The Labute approximate surface area is 63.9 Å². The lowest BCUT2D eigenvalue weighted by Crippen LogP contribution is -1.91. The Bertz CT molecular complexity index is 254. The van der Waals surface area contributed by atoms with Crippen LogP contribution in [0.25, 0.3) is 0 Å². The number of benzene rings is 1. The molecule has 0 saturated heterocycles. The lowest BCUT2D eigenvalue weighted by Gasteiger charge is -1.96. The summed E-state index contributed by atoms with van der Waals surface area (Å²) in [6, 6.07) is 9.59. The largest absolute Gasteiger partial charge is 0.255 e. The van der Waals surface area contributed by atoms with Crippen LogP contribution in [0.2, 0.25) is 0 Å². The maximum absolute atomic E-state index is 12.5. The topological polar surface area (TPSA) is 0 Å². The molecule has 0 aliphatic heterocycles. The first kappa shape index (κ1) is 6.77. The van der Waals surface area contributed by atoms with E-state index >= 15 is 0 Å². The minimum atomic E-state index is -2.45. The molecule has 0 heterocycles. The van der Waals surface area contributed by atoms with Crippen LogP contribution in [0.5, 0.6) is 0 Å². The van der Waals surface area contributed by atoms with Gasteiger partial charge < -0.3 is 0 Å². The normalized spacial score (nSPS) is 26.5. The molecule has 1 radical (unpaired) electrons. The van der Waals surface area contributed by atoms with Gasteiger partial charge in [-0.25, -0.2) is 8.78 Å². The van der Waals surface area contributed by atoms with Crippen molar-refractivity contribution in [2.75, 3.05) is 0 Å². The van der Waals surface area contributed by atoms with Gasteiger partial charge in [-0.15, -0.1) is 0 Å². The highest BCUT2D eigenvalue weighted by Crippen LogP contribution is 2.55. The number of hydrogen-bond donors (Lipinski definition) is 0. The molecule has 0 aromatic heterocycles. The summed E-state index contributed by atoms with van der Waals surface area (Å²) in [7, 11) is 0. The van der Waals surface area contributed by atoms with Gasteiger partial charge in [0.25, 0.3) is 5.92 Å². The van der Waals surface area contributed by atoms with Gasteiger partial charge in [-0.1, -0.05) is 24.3 Å². The Morgan fingerprint density at radius 1 is 1.55 bits per heavy atom. The fourth-order valence-electron chi connectivity index (χ4n) is 1.20. The lowest BCUT2D eigenvalue weighted by molar-refractivity contribution is 0.112. The second kappa shape index (κ2) is 2.03. The van der Waals surface area contributed by atoms with Gasteiger partial charge in [-0.2, -0.15) is 0 Å². The maximum Gasteiger partial charge on any atom is 0.255 e. The minimum absolute atomic E-state index is 0.00481. The van der Waals surface area contributed by atoms with Crippen LogP contribution in [0, 0.1) is 6.07 Å². The molecule has 1 saturated carbocycles. The van der Waals surface area contributed by atoms with Crippen LogP contribution in [0.3, 0.4) is 0 Å². The lowest BCUT2D eigenvalue weighted by atomic mass is 10.1. The zero-order chi connectivity index (χ0) is 7.90. The molecule has 2 heteroatoms. The van der Waals surface area contributed by atoms with Gasteiger partial charge >= 0.3 is 0 Å². The van der Waals surface area contributed by atoms with Crippen molar-refractivity contribution in [1.82, 2.24) is 0 Å². The zero-order valence-electron chi connectivity index (χ0n) is 5.85. The van der Waals surface area contributed by atoms with Gasteiger partial charge in [-0.3, -0.25) is 0 Å². The van der Waals surface area contributed by atoms with Crippen LogP contribution in [-0.2, 0) is 0 Å². The Hall–Kier alpha value is -0.920. The molecular formula is C9H7F2. The average molecular weight is 153 g/mol. The molecule has 1 aromatic carbocycles. The summed E-state index contributed by atoms with van der Waals surface area (Å²) in [5.74, 6) is -2.99. The SMILES string of the molecule is FC1(F)CC1c1c[c]ccc1. The zero-order valence-corrected chi connectivity index (χ0v) is 5.85. The monoisotopic (exact) mass is 153 g/mol. The van der Waals surface area contributed by atoms with Gasteiger partial charge in [0.15, 0.2) is 0 Å². The van der Waals surface area contributed by atoms with E-state index in [4.69, 9.17) is 0 Å². The van der Waals surface area contributed by atoms with Crippen LogP contribution >= 0.6 is 0 Å². The number of hydrogen-bond acceptors (Lipinski definition) is 0. The third-order valence-electron chi connectivity index (χ3n) is 1.96. The molecule has 2 rings (SSSR count). The van der Waals surface area contributed by atoms with E-state index in [1.54, 1.807) is 24.3 Å². The van der Waals surface area contributed by atoms with Gasteiger partial charge in [-0.05, 0) is 11.6 Å². The molecule has 0 nitrogen and oxygen atoms in total. The van der Waals surface area contributed by atoms with E-state index in [1.165, 1.54) is 0 Å². The van der Waals surface area contributed by atoms with Gasteiger partial charge in [0.2, 0.25) is 0 Å². The van der Waals surface area contributed by atoms with Crippen LogP contribution in [-0.4, -0.2) is 5.92 Å². The highest BCUT2D eigenvalue weighted by molar-refractivity contribution is 5.28. The Kier molecular flexibility index (Phi) is 1.25. The highest BCUT2D eigenvalue weighted by Gasteiger charge is 2.57. The molecule has 1 fully saturated rings. The van der Waals surface area contributed by atoms with Crippen molar-refractivity contribution in [3.8, 4) is 0 Å². The molecule has 0 spiro atoms. The second-order valence-electron chi connectivity index (χ2n) is 2.85. The molecule has 57 valence electrons. The van der Waals surface area contributed by atoms with Gasteiger partial charge in [0.05, 0.1) is 5.92 Å². The smallest absolute Gasteiger partial charge is 0.206 e. The minimum Gasteiger partial charge on any atom is -0.206 e. The molecule has 1 aliphatic rings. The van der Waals surface area contributed by atoms with Gasteiger partial charge in [0.1, 0.15) is 0 Å². The van der Waals surface area contributed by atoms with Crippen molar-refractivity contribution >= 4 is 0 Å². The van der Waals surface area contributed by atoms with Crippen LogP contribution in [0.1, 0.15) is 17.9 Å².